The predicted molar refractivity (Wildman–Crippen MR) is 67.9 cm³/mol. The summed E-state index contributed by atoms with van der Waals surface area (Å²) in [5.41, 5.74) is -0.700. The number of alkyl halides is 3. The van der Waals surface area contributed by atoms with Crippen molar-refractivity contribution in [2.24, 2.45) is 5.16 Å². The van der Waals surface area contributed by atoms with Gasteiger partial charge in [-0.25, -0.2) is 0 Å². The summed E-state index contributed by atoms with van der Waals surface area (Å²) in [6.45, 7) is 0. The number of benzene rings is 1. The first kappa shape index (κ1) is 15.0. The minimum atomic E-state index is -4.49. The van der Waals surface area contributed by atoms with E-state index in [0.29, 0.717) is 0 Å². The van der Waals surface area contributed by atoms with Gasteiger partial charge in [-0.3, -0.25) is 0 Å². The van der Waals surface area contributed by atoms with Gasteiger partial charge in [-0.1, -0.05) is 22.8 Å². The maximum absolute atomic E-state index is 12.6. The number of hydrogen-bond acceptors (Lipinski definition) is 5. The predicted octanol–water partition coefficient (Wildman–Crippen LogP) is 3.75. The fraction of sp³-hybridized carbons (Fsp3) is 0.0833. The molecule has 0 atom stereocenters. The second-order valence-corrected chi connectivity index (χ2v) is 4.19. The molecule has 2 aromatic rings. The first-order valence-electron chi connectivity index (χ1n) is 5.46. The first-order chi connectivity index (χ1) is 9.90. The Hall–Kier alpha value is -2.35. The van der Waals surface area contributed by atoms with Crippen molar-refractivity contribution in [3.8, 4) is 11.6 Å². The van der Waals surface area contributed by atoms with Crippen LogP contribution in [0, 0.1) is 0 Å². The number of rotatable bonds is 3. The van der Waals surface area contributed by atoms with E-state index in [4.69, 9.17) is 21.5 Å². The van der Waals surface area contributed by atoms with Crippen LogP contribution in [0.4, 0.5) is 13.2 Å². The molecule has 1 heterocycles. The zero-order valence-corrected chi connectivity index (χ0v) is 10.9. The number of aromatic nitrogens is 2. The van der Waals surface area contributed by atoms with Crippen molar-refractivity contribution in [1.29, 1.82) is 0 Å². The van der Waals surface area contributed by atoms with Crippen LogP contribution in [0.1, 0.15) is 11.1 Å². The molecule has 0 saturated heterocycles. The molecule has 0 aliphatic rings. The molecule has 1 N–H and O–H groups in total. The SMILES string of the molecule is O/N=C/c1cc(Cl)nnc1Oc1cccc(C(F)(F)F)c1. The molecule has 0 spiro atoms. The van der Waals surface area contributed by atoms with Crippen molar-refractivity contribution in [1.82, 2.24) is 10.2 Å². The monoisotopic (exact) mass is 317 g/mol. The summed E-state index contributed by atoms with van der Waals surface area (Å²) < 4.78 is 43.0. The van der Waals surface area contributed by atoms with E-state index in [1.54, 1.807) is 0 Å². The highest BCUT2D eigenvalue weighted by atomic mass is 35.5. The van der Waals surface area contributed by atoms with Crippen LogP contribution in [0.5, 0.6) is 11.6 Å². The third-order valence-corrected chi connectivity index (χ3v) is 2.52. The summed E-state index contributed by atoms with van der Waals surface area (Å²) in [5.74, 6) is -0.231. The highest BCUT2D eigenvalue weighted by Crippen LogP contribution is 2.32. The molecule has 0 aliphatic heterocycles. The fourth-order valence-corrected chi connectivity index (χ4v) is 1.61. The molecule has 0 saturated carbocycles. The van der Waals surface area contributed by atoms with Gasteiger partial charge in [-0.15, -0.1) is 10.2 Å². The summed E-state index contributed by atoms with van der Waals surface area (Å²) in [6, 6.07) is 5.54. The molecule has 0 fully saturated rings. The number of halogens is 4. The van der Waals surface area contributed by atoms with Gasteiger partial charge in [-0.2, -0.15) is 13.2 Å². The van der Waals surface area contributed by atoms with Crippen LogP contribution in [-0.2, 0) is 6.18 Å². The Kier molecular flexibility index (Phi) is 4.27. The Morgan fingerprint density at radius 1 is 1.24 bits per heavy atom. The molecule has 0 bridgehead atoms. The highest BCUT2D eigenvalue weighted by Gasteiger charge is 2.30. The third-order valence-electron chi connectivity index (χ3n) is 2.33. The molecule has 0 amide bonds. The van der Waals surface area contributed by atoms with Crippen LogP contribution in [0.25, 0.3) is 0 Å². The Balaban J connectivity index is 2.34. The Bertz CT molecular complexity index is 677. The van der Waals surface area contributed by atoms with Crippen LogP contribution >= 0.6 is 11.6 Å². The Morgan fingerprint density at radius 2 is 2.00 bits per heavy atom. The quantitative estimate of drug-likeness (QED) is 0.532. The van der Waals surface area contributed by atoms with Gasteiger partial charge in [0.1, 0.15) is 5.75 Å². The van der Waals surface area contributed by atoms with Crippen LogP contribution in [-0.4, -0.2) is 21.6 Å². The van der Waals surface area contributed by atoms with Gasteiger partial charge in [0.25, 0.3) is 0 Å². The average Bonchev–Trinajstić information content (AvgIpc) is 2.42. The Labute approximate surface area is 121 Å². The maximum Gasteiger partial charge on any atom is 0.416 e. The summed E-state index contributed by atoms with van der Waals surface area (Å²) in [4.78, 5) is 0. The molecule has 0 radical (unpaired) electrons. The zero-order valence-electron chi connectivity index (χ0n) is 10.2. The largest absolute Gasteiger partial charge is 0.437 e. The van der Waals surface area contributed by atoms with Crippen LogP contribution < -0.4 is 4.74 Å². The van der Waals surface area contributed by atoms with E-state index in [-0.39, 0.29) is 22.3 Å². The standard InChI is InChI=1S/C12H7ClF3N3O2/c13-10-4-7(6-17-20)11(19-18-10)21-9-3-1-2-8(5-9)12(14,15)16/h1-6,20H/b17-6+. The molecule has 1 aromatic carbocycles. The number of nitrogens with zero attached hydrogens (tertiary/aromatic N) is 3. The zero-order chi connectivity index (χ0) is 15.5. The second kappa shape index (κ2) is 5.96. The van der Waals surface area contributed by atoms with Gasteiger partial charge in [0.2, 0.25) is 5.88 Å². The molecule has 9 heteroatoms. The van der Waals surface area contributed by atoms with Crippen LogP contribution in [0.15, 0.2) is 35.5 Å². The minimum absolute atomic E-state index is 0.0151. The van der Waals surface area contributed by atoms with E-state index in [2.05, 4.69) is 15.4 Å². The van der Waals surface area contributed by atoms with Crippen molar-refractivity contribution >= 4 is 17.8 Å². The van der Waals surface area contributed by atoms with Gasteiger partial charge in [0.05, 0.1) is 17.3 Å². The molecule has 110 valence electrons. The van der Waals surface area contributed by atoms with E-state index in [1.807, 2.05) is 0 Å². The molecule has 5 nitrogen and oxygen atoms in total. The van der Waals surface area contributed by atoms with E-state index in [0.717, 1.165) is 18.3 Å². The molecule has 0 aliphatic carbocycles. The van der Waals surface area contributed by atoms with E-state index >= 15 is 0 Å². The van der Waals surface area contributed by atoms with Crippen molar-refractivity contribution in [2.75, 3.05) is 0 Å². The van der Waals surface area contributed by atoms with Crippen molar-refractivity contribution in [3.63, 3.8) is 0 Å². The molecule has 2 rings (SSSR count). The molecule has 21 heavy (non-hydrogen) atoms. The van der Waals surface area contributed by atoms with E-state index in [9.17, 15) is 13.2 Å². The fourth-order valence-electron chi connectivity index (χ4n) is 1.45. The molecule has 1 aromatic heterocycles. The van der Waals surface area contributed by atoms with Crippen LogP contribution in [0.3, 0.4) is 0 Å². The number of hydrogen-bond donors (Lipinski definition) is 1. The normalized spacial score (nSPS) is 11.8. The lowest BCUT2D eigenvalue weighted by atomic mass is 10.2. The van der Waals surface area contributed by atoms with Crippen molar-refractivity contribution in [3.05, 3.63) is 46.6 Å². The van der Waals surface area contributed by atoms with Crippen LogP contribution in [0.2, 0.25) is 5.15 Å². The smallest absolute Gasteiger partial charge is 0.416 e. The third kappa shape index (κ3) is 3.82. The minimum Gasteiger partial charge on any atom is -0.437 e. The van der Waals surface area contributed by atoms with Gasteiger partial charge in [0.15, 0.2) is 5.15 Å². The van der Waals surface area contributed by atoms with Gasteiger partial charge >= 0.3 is 6.18 Å². The van der Waals surface area contributed by atoms with Crippen molar-refractivity contribution in [2.45, 2.75) is 6.18 Å². The lowest BCUT2D eigenvalue weighted by Gasteiger charge is -2.10. The Morgan fingerprint density at radius 3 is 2.67 bits per heavy atom. The molecule has 0 unspecified atom stereocenters. The second-order valence-electron chi connectivity index (χ2n) is 3.80. The topological polar surface area (TPSA) is 67.6 Å². The summed E-state index contributed by atoms with van der Waals surface area (Å²) in [6.07, 6.45) is -3.51. The summed E-state index contributed by atoms with van der Waals surface area (Å²) >= 11 is 5.62. The molecular weight excluding hydrogens is 311 g/mol. The van der Waals surface area contributed by atoms with Gasteiger partial charge in [-0.05, 0) is 24.3 Å². The lowest BCUT2D eigenvalue weighted by molar-refractivity contribution is -0.137. The van der Waals surface area contributed by atoms with Gasteiger partial charge in [0, 0.05) is 0 Å². The average molecular weight is 318 g/mol. The summed E-state index contributed by atoms with van der Waals surface area (Å²) in [7, 11) is 0. The first-order valence-corrected chi connectivity index (χ1v) is 5.83. The number of ether oxygens (including phenoxy) is 1. The summed E-state index contributed by atoms with van der Waals surface area (Å²) in [5, 5.41) is 18.4. The van der Waals surface area contributed by atoms with E-state index in [1.165, 1.54) is 18.2 Å². The van der Waals surface area contributed by atoms with E-state index < -0.39 is 11.7 Å². The molecular formula is C12H7ClF3N3O2. The highest BCUT2D eigenvalue weighted by molar-refractivity contribution is 6.29. The number of oxime groups is 1. The lowest BCUT2D eigenvalue weighted by Crippen LogP contribution is -2.05. The maximum atomic E-state index is 12.6. The van der Waals surface area contributed by atoms with Gasteiger partial charge < -0.3 is 9.94 Å². The van der Waals surface area contributed by atoms with Crippen molar-refractivity contribution < 1.29 is 23.1 Å².